The van der Waals surface area contributed by atoms with Crippen molar-refractivity contribution in [3.63, 3.8) is 0 Å². The predicted molar refractivity (Wildman–Crippen MR) is 206 cm³/mol. The SMILES string of the molecule is Cc1ccc(-c2ccc3sc4c(-c5ccc(-c6cc7ccccc7c7ccccc67)cc5)cc(-c5ccc(C)cc5)cc4c3c2)cc1. The highest BCUT2D eigenvalue weighted by atomic mass is 32.1. The molecule has 0 aliphatic heterocycles. The quantitative estimate of drug-likeness (QED) is 0.173. The average molecular weight is 617 g/mol. The highest BCUT2D eigenvalue weighted by molar-refractivity contribution is 7.26. The zero-order chi connectivity index (χ0) is 31.5. The van der Waals surface area contributed by atoms with Gasteiger partial charge in [0.2, 0.25) is 0 Å². The number of rotatable bonds is 4. The van der Waals surface area contributed by atoms with Crippen LogP contribution in [0, 0.1) is 13.8 Å². The Hall–Kier alpha value is -5.50. The number of thiophene rings is 1. The molecule has 1 aromatic heterocycles. The molecule has 0 nitrogen and oxygen atoms in total. The van der Waals surface area contributed by atoms with Crippen LogP contribution >= 0.6 is 11.3 Å². The molecule has 0 atom stereocenters. The van der Waals surface area contributed by atoms with Crippen LogP contribution in [0.15, 0.2) is 158 Å². The Morgan fingerprint density at radius 2 is 0.872 bits per heavy atom. The third-order valence-electron chi connectivity index (χ3n) is 9.62. The summed E-state index contributed by atoms with van der Waals surface area (Å²) in [5, 5.41) is 7.79. The monoisotopic (exact) mass is 616 g/mol. The molecule has 0 aliphatic carbocycles. The lowest BCUT2D eigenvalue weighted by Gasteiger charge is -2.13. The summed E-state index contributed by atoms with van der Waals surface area (Å²) in [6.45, 7) is 4.29. The fraction of sp³-hybridized carbons (Fsp3) is 0.0435. The van der Waals surface area contributed by atoms with Crippen molar-refractivity contribution in [2.24, 2.45) is 0 Å². The van der Waals surface area contributed by atoms with Crippen LogP contribution in [0.5, 0.6) is 0 Å². The molecule has 0 aliphatic rings. The maximum atomic E-state index is 2.40. The summed E-state index contributed by atoms with van der Waals surface area (Å²) in [5.74, 6) is 0. The Morgan fingerprint density at radius 1 is 0.340 bits per heavy atom. The summed E-state index contributed by atoms with van der Waals surface area (Å²) >= 11 is 1.90. The highest BCUT2D eigenvalue weighted by Gasteiger charge is 2.16. The van der Waals surface area contributed by atoms with Gasteiger partial charge in [0, 0.05) is 25.7 Å². The Morgan fingerprint density at radius 3 is 1.57 bits per heavy atom. The molecule has 0 bridgehead atoms. The van der Waals surface area contributed by atoms with E-state index in [4.69, 9.17) is 0 Å². The Kier molecular flexibility index (Phi) is 6.55. The fourth-order valence-electron chi connectivity index (χ4n) is 7.05. The van der Waals surface area contributed by atoms with Crippen molar-refractivity contribution in [3.8, 4) is 44.5 Å². The largest absolute Gasteiger partial charge is 0.135 e. The molecule has 1 heteroatoms. The van der Waals surface area contributed by atoms with Crippen molar-refractivity contribution in [3.05, 3.63) is 169 Å². The second kappa shape index (κ2) is 11.1. The smallest absolute Gasteiger partial charge is 0.0434 e. The summed E-state index contributed by atoms with van der Waals surface area (Å²) in [7, 11) is 0. The van der Waals surface area contributed by atoms with E-state index < -0.39 is 0 Å². The molecule has 8 aromatic carbocycles. The zero-order valence-electron chi connectivity index (χ0n) is 26.4. The molecule has 9 rings (SSSR count). The van der Waals surface area contributed by atoms with Crippen LogP contribution in [-0.4, -0.2) is 0 Å². The molecule has 0 fully saturated rings. The minimum atomic E-state index is 1.24. The second-order valence-electron chi connectivity index (χ2n) is 12.7. The minimum absolute atomic E-state index is 1.24. The average Bonchev–Trinajstić information content (AvgIpc) is 3.49. The van der Waals surface area contributed by atoms with Crippen LogP contribution in [0.3, 0.4) is 0 Å². The summed E-state index contributed by atoms with van der Waals surface area (Å²) < 4.78 is 2.65. The van der Waals surface area contributed by atoms with Crippen LogP contribution in [0.2, 0.25) is 0 Å². The summed E-state index contributed by atoms with van der Waals surface area (Å²) in [5.41, 5.74) is 12.6. The third-order valence-corrected chi connectivity index (χ3v) is 10.8. The molecule has 0 unspecified atom stereocenters. The Labute approximate surface area is 279 Å². The van der Waals surface area contributed by atoms with E-state index in [9.17, 15) is 0 Å². The minimum Gasteiger partial charge on any atom is -0.135 e. The van der Waals surface area contributed by atoms with E-state index >= 15 is 0 Å². The van der Waals surface area contributed by atoms with Crippen LogP contribution in [0.4, 0.5) is 0 Å². The zero-order valence-corrected chi connectivity index (χ0v) is 27.2. The molecule has 9 aromatic rings. The summed E-state index contributed by atoms with van der Waals surface area (Å²) in [4.78, 5) is 0. The van der Waals surface area contributed by atoms with Gasteiger partial charge < -0.3 is 0 Å². The Balaban J connectivity index is 1.23. The van der Waals surface area contributed by atoms with Gasteiger partial charge in [0.1, 0.15) is 0 Å². The molecule has 0 spiro atoms. The number of hydrogen-bond donors (Lipinski definition) is 0. The van der Waals surface area contributed by atoms with Gasteiger partial charge >= 0.3 is 0 Å². The van der Waals surface area contributed by atoms with Gasteiger partial charge in [-0.25, -0.2) is 0 Å². The van der Waals surface area contributed by atoms with Crippen LogP contribution in [0.1, 0.15) is 11.1 Å². The number of hydrogen-bond acceptors (Lipinski definition) is 1. The molecule has 222 valence electrons. The van der Waals surface area contributed by atoms with E-state index in [0.29, 0.717) is 0 Å². The first-order chi connectivity index (χ1) is 23.1. The lowest BCUT2D eigenvalue weighted by Crippen LogP contribution is -1.86. The Bertz CT molecular complexity index is 2600. The molecule has 0 amide bonds. The van der Waals surface area contributed by atoms with Crippen molar-refractivity contribution in [2.75, 3.05) is 0 Å². The molecule has 47 heavy (non-hydrogen) atoms. The molecule has 0 N–H and O–H groups in total. The van der Waals surface area contributed by atoms with Gasteiger partial charge in [0.05, 0.1) is 0 Å². The van der Waals surface area contributed by atoms with E-state index in [1.807, 2.05) is 11.3 Å². The van der Waals surface area contributed by atoms with Gasteiger partial charge in [-0.2, -0.15) is 0 Å². The molecular weight excluding hydrogens is 585 g/mol. The van der Waals surface area contributed by atoms with Crippen molar-refractivity contribution in [1.29, 1.82) is 0 Å². The van der Waals surface area contributed by atoms with Gasteiger partial charge in [-0.05, 0) is 105 Å². The van der Waals surface area contributed by atoms with Gasteiger partial charge in [-0.1, -0.05) is 139 Å². The third kappa shape index (κ3) is 4.83. The van der Waals surface area contributed by atoms with Gasteiger partial charge in [-0.3, -0.25) is 0 Å². The van der Waals surface area contributed by atoms with E-state index in [2.05, 4.69) is 172 Å². The predicted octanol–water partition coefficient (Wildman–Crippen LogP) is 13.6. The van der Waals surface area contributed by atoms with Gasteiger partial charge in [0.15, 0.2) is 0 Å². The molecule has 0 radical (unpaired) electrons. The van der Waals surface area contributed by atoms with Gasteiger partial charge in [-0.15, -0.1) is 11.3 Å². The maximum absolute atomic E-state index is 2.40. The van der Waals surface area contributed by atoms with E-state index in [1.54, 1.807) is 0 Å². The first-order valence-corrected chi connectivity index (χ1v) is 17.1. The lowest BCUT2D eigenvalue weighted by atomic mass is 9.91. The number of benzene rings is 8. The normalized spacial score (nSPS) is 11.6. The lowest BCUT2D eigenvalue weighted by molar-refractivity contribution is 1.47. The van der Waals surface area contributed by atoms with E-state index in [-0.39, 0.29) is 0 Å². The van der Waals surface area contributed by atoms with Crippen molar-refractivity contribution in [2.45, 2.75) is 13.8 Å². The molecule has 0 saturated carbocycles. The van der Waals surface area contributed by atoms with E-state index in [1.165, 1.54) is 97.4 Å². The number of fused-ring (bicyclic) bond motifs is 6. The first-order valence-electron chi connectivity index (χ1n) is 16.2. The van der Waals surface area contributed by atoms with Crippen LogP contribution < -0.4 is 0 Å². The second-order valence-corrected chi connectivity index (χ2v) is 13.8. The highest BCUT2D eigenvalue weighted by Crippen LogP contribution is 2.44. The topological polar surface area (TPSA) is 0 Å². The standard InChI is InChI=1S/C46H32S/c1-29-11-15-31(16-12-29)35-23-24-45-43(25-35)44-28-37(32-17-13-30(2)14-18-32)27-42(46(44)47-45)34-21-19-33(20-22-34)41-26-36-7-3-4-8-38(36)39-9-5-6-10-40(39)41/h3-28H,1-2H3. The van der Waals surface area contributed by atoms with Crippen molar-refractivity contribution < 1.29 is 0 Å². The fourth-order valence-corrected chi connectivity index (χ4v) is 8.25. The first kappa shape index (κ1) is 27.8. The maximum Gasteiger partial charge on any atom is 0.0434 e. The molecule has 1 heterocycles. The summed E-state index contributed by atoms with van der Waals surface area (Å²) in [6.07, 6.45) is 0. The van der Waals surface area contributed by atoms with Crippen molar-refractivity contribution in [1.82, 2.24) is 0 Å². The number of aryl methyl sites for hydroxylation is 2. The molecular formula is C46H32S. The van der Waals surface area contributed by atoms with Gasteiger partial charge in [0.25, 0.3) is 0 Å². The summed E-state index contributed by atoms with van der Waals surface area (Å²) in [6, 6.07) is 58.6. The molecule has 0 saturated heterocycles. The van der Waals surface area contributed by atoms with Crippen LogP contribution in [-0.2, 0) is 0 Å². The van der Waals surface area contributed by atoms with E-state index in [0.717, 1.165) is 0 Å². The van der Waals surface area contributed by atoms with Crippen molar-refractivity contribution >= 4 is 53.1 Å². The van der Waals surface area contributed by atoms with Crippen LogP contribution in [0.25, 0.3) is 86.2 Å².